The molecule has 0 spiro atoms. The number of nitrogens with one attached hydrogen (secondary N) is 1. The highest BCUT2D eigenvalue weighted by Gasteiger charge is 2.21. The number of nitrogens with zero attached hydrogens (tertiary/aromatic N) is 2. The van der Waals surface area contributed by atoms with Crippen LogP contribution in [0.3, 0.4) is 0 Å². The van der Waals surface area contributed by atoms with Crippen molar-refractivity contribution in [2.45, 2.75) is 11.9 Å². The van der Waals surface area contributed by atoms with Gasteiger partial charge in [0.05, 0.1) is 12.9 Å². The normalized spacial score (nSPS) is 11.9. The van der Waals surface area contributed by atoms with Crippen molar-refractivity contribution in [3.63, 3.8) is 0 Å². The molecule has 0 aliphatic rings. The molecule has 0 bridgehead atoms. The molecule has 0 fully saturated rings. The Balaban J connectivity index is 2.68. The molecule has 1 rings (SSSR count). The monoisotopic (exact) mass is 267 g/mol. The van der Waals surface area contributed by atoms with E-state index < -0.39 is 10.0 Å². The molecule has 0 atom stereocenters. The second-order valence-corrected chi connectivity index (χ2v) is 5.09. The van der Waals surface area contributed by atoms with Crippen LogP contribution in [-0.2, 0) is 21.8 Å². The molecule has 0 aliphatic carbocycles. The van der Waals surface area contributed by atoms with E-state index in [1.165, 1.54) is 10.9 Å². The van der Waals surface area contributed by atoms with Crippen molar-refractivity contribution in [1.29, 1.82) is 0 Å². The van der Waals surface area contributed by atoms with E-state index in [0.717, 1.165) is 0 Å². The van der Waals surface area contributed by atoms with Crippen LogP contribution in [0.1, 0.15) is 6.92 Å². The van der Waals surface area contributed by atoms with Gasteiger partial charge in [0.2, 0.25) is 5.03 Å². The Kier molecular flexibility index (Phi) is 4.72. The van der Waals surface area contributed by atoms with Gasteiger partial charge in [-0.2, -0.15) is 0 Å². The third kappa shape index (κ3) is 3.18. The lowest BCUT2D eigenvalue weighted by Crippen LogP contribution is -2.28. The minimum Gasteiger partial charge on any atom is -0.380 e. The summed E-state index contributed by atoms with van der Waals surface area (Å²) in [6.45, 7) is 2.90. The van der Waals surface area contributed by atoms with E-state index in [1.807, 2.05) is 6.92 Å². The highest BCUT2D eigenvalue weighted by Crippen LogP contribution is 2.17. The third-order valence-electron chi connectivity index (χ3n) is 1.83. The predicted octanol–water partition coefficient (Wildman–Crippen LogP) is 0.388. The fraction of sp³-hybridized carbons (Fsp3) is 0.625. The molecule has 0 aliphatic heterocycles. The fourth-order valence-electron chi connectivity index (χ4n) is 1.04. The van der Waals surface area contributed by atoms with Crippen LogP contribution in [-0.4, -0.2) is 37.7 Å². The second kappa shape index (κ2) is 5.62. The van der Waals surface area contributed by atoms with Gasteiger partial charge < -0.3 is 9.30 Å². The Morgan fingerprint density at radius 2 is 2.31 bits per heavy atom. The van der Waals surface area contributed by atoms with E-state index in [4.69, 9.17) is 16.3 Å². The van der Waals surface area contributed by atoms with Crippen LogP contribution >= 0.6 is 11.6 Å². The summed E-state index contributed by atoms with van der Waals surface area (Å²) in [4.78, 5) is 3.73. The minimum absolute atomic E-state index is 0.0870. The maximum Gasteiger partial charge on any atom is 0.261 e. The van der Waals surface area contributed by atoms with Crippen LogP contribution < -0.4 is 4.72 Å². The van der Waals surface area contributed by atoms with Crippen molar-refractivity contribution < 1.29 is 13.2 Å². The molecule has 1 heterocycles. The van der Waals surface area contributed by atoms with E-state index in [9.17, 15) is 8.42 Å². The zero-order chi connectivity index (χ0) is 12.2. The lowest BCUT2D eigenvalue weighted by molar-refractivity contribution is 0.153. The number of hydrogen-bond acceptors (Lipinski definition) is 4. The Morgan fingerprint density at radius 3 is 2.81 bits per heavy atom. The van der Waals surface area contributed by atoms with Crippen LogP contribution in [0.4, 0.5) is 0 Å². The first kappa shape index (κ1) is 13.4. The van der Waals surface area contributed by atoms with Crippen molar-refractivity contribution in [1.82, 2.24) is 14.3 Å². The van der Waals surface area contributed by atoms with Gasteiger partial charge >= 0.3 is 0 Å². The summed E-state index contributed by atoms with van der Waals surface area (Å²) in [6, 6.07) is 0. The lowest BCUT2D eigenvalue weighted by Gasteiger charge is -2.04. The first-order chi connectivity index (χ1) is 7.49. The minimum atomic E-state index is -3.64. The van der Waals surface area contributed by atoms with Crippen LogP contribution in [0.2, 0.25) is 5.15 Å². The summed E-state index contributed by atoms with van der Waals surface area (Å²) in [5, 5.41) is -0.0722. The molecule has 0 saturated heterocycles. The van der Waals surface area contributed by atoms with E-state index >= 15 is 0 Å². The predicted molar refractivity (Wildman–Crippen MR) is 59.9 cm³/mol. The summed E-state index contributed by atoms with van der Waals surface area (Å²) in [6.07, 6.45) is 1.35. The van der Waals surface area contributed by atoms with E-state index in [-0.39, 0.29) is 16.7 Å². The number of sulfonamides is 1. The summed E-state index contributed by atoms with van der Waals surface area (Å²) >= 11 is 5.78. The molecule has 0 radical (unpaired) electrons. The van der Waals surface area contributed by atoms with Crippen molar-refractivity contribution in [3.05, 3.63) is 11.5 Å². The zero-order valence-corrected chi connectivity index (χ0v) is 10.7. The number of imidazole rings is 1. The Bertz CT molecular complexity index is 443. The fourth-order valence-corrected chi connectivity index (χ4v) is 2.47. The number of hydrogen-bond donors (Lipinski definition) is 1. The van der Waals surface area contributed by atoms with Crippen LogP contribution in [0.15, 0.2) is 11.4 Å². The van der Waals surface area contributed by atoms with Gasteiger partial charge in [-0.1, -0.05) is 11.6 Å². The molecule has 8 heteroatoms. The molecule has 92 valence electrons. The van der Waals surface area contributed by atoms with E-state index in [0.29, 0.717) is 13.2 Å². The second-order valence-electron chi connectivity index (χ2n) is 3.05. The van der Waals surface area contributed by atoms with E-state index in [1.54, 1.807) is 7.05 Å². The summed E-state index contributed by atoms with van der Waals surface area (Å²) in [7, 11) is -2.02. The van der Waals surface area contributed by atoms with Crippen LogP contribution in [0.5, 0.6) is 0 Å². The van der Waals surface area contributed by atoms with Crippen molar-refractivity contribution in [3.8, 4) is 0 Å². The average Bonchev–Trinajstić information content (AvgIpc) is 2.55. The maximum absolute atomic E-state index is 11.7. The molecule has 1 aromatic heterocycles. The molecule has 16 heavy (non-hydrogen) atoms. The van der Waals surface area contributed by atoms with E-state index in [2.05, 4.69) is 9.71 Å². The summed E-state index contributed by atoms with van der Waals surface area (Å²) in [5.74, 6) is 0. The quantitative estimate of drug-likeness (QED) is 0.757. The molecule has 0 saturated carbocycles. The third-order valence-corrected chi connectivity index (χ3v) is 3.78. The van der Waals surface area contributed by atoms with Crippen LogP contribution in [0, 0.1) is 0 Å². The van der Waals surface area contributed by atoms with Gasteiger partial charge in [0, 0.05) is 20.2 Å². The molecule has 1 aromatic rings. The number of rotatable bonds is 6. The zero-order valence-electron chi connectivity index (χ0n) is 9.10. The first-order valence-electron chi connectivity index (χ1n) is 4.73. The molecule has 0 aromatic carbocycles. The molecular weight excluding hydrogens is 254 g/mol. The highest BCUT2D eigenvalue weighted by atomic mass is 35.5. The highest BCUT2D eigenvalue weighted by molar-refractivity contribution is 7.89. The maximum atomic E-state index is 11.7. The topological polar surface area (TPSA) is 73.2 Å². The van der Waals surface area contributed by atoms with Crippen molar-refractivity contribution >= 4 is 21.6 Å². The Hall–Kier alpha value is -0.630. The summed E-state index contributed by atoms with van der Waals surface area (Å²) < 4.78 is 32.2. The Labute approximate surface area is 99.6 Å². The number of halogens is 1. The van der Waals surface area contributed by atoms with Crippen molar-refractivity contribution in [2.24, 2.45) is 7.05 Å². The van der Waals surface area contributed by atoms with Gasteiger partial charge in [0.25, 0.3) is 10.0 Å². The smallest absolute Gasteiger partial charge is 0.261 e. The number of aryl methyl sites for hydroxylation is 1. The number of ether oxygens (including phenoxy) is 1. The number of aromatic nitrogens is 2. The van der Waals surface area contributed by atoms with Crippen LogP contribution in [0.25, 0.3) is 0 Å². The SMILES string of the molecule is CCOCCNS(=O)(=O)c1ncn(C)c1Cl. The molecule has 0 unspecified atom stereocenters. The standard InChI is InChI=1S/C8H14ClN3O3S/c1-3-15-5-4-11-16(13,14)8-7(9)12(2)6-10-8/h6,11H,3-5H2,1-2H3. The molecular formula is C8H14ClN3O3S. The van der Waals surface area contributed by atoms with Gasteiger partial charge in [0.15, 0.2) is 0 Å². The molecule has 6 nitrogen and oxygen atoms in total. The average molecular weight is 268 g/mol. The van der Waals surface area contributed by atoms with Gasteiger partial charge in [-0.25, -0.2) is 18.1 Å². The summed E-state index contributed by atoms with van der Waals surface area (Å²) in [5.41, 5.74) is 0. The lowest BCUT2D eigenvalue weighted by atomic mass is 10.7. The van der Waals surface area contributed by atoms with Gasteiger partial charge in [0.1, 0.15) is 5.15 Å². The molecule has 1 N–H and O–H groups in total. The largest absolute Gasteiger partial charge is 0.380 e. The van der Waals surface area contributed by atoms with Gasteiger partial charge in [-0.15, -0.1) is 0 Å². The van der Waals surface area contributed by atoms with Gasteiger partial charge in [-0.05, 0) is 6.92 Å². The molecule has 0 amide bonds. The first-order valence-corrected chi connectivity index (χ1v) is 6.59. The van der Waals surface area contributed by atoms with Gasteiger partial charge in [-0.3, -0.25) is 0 Å². The van der Waals surface area contributed by atoms with Crippen molar-refractivity contribution in [2.75, 3.05) is 19.8 Å². The Morgan fingerprint density at radius 1 is 1.62 bits per heavy atom.